The molecule has 0 spiro atoms. The first-order chi connectivity index (χ1) is 26.6. The summed E-state index contributed by atoms with van der Waals surface area (Å²) in [4.78, 5) is 92.7. The smallest absolute Gasteiger partial charge is 0.305 e. The van der Waals surface area contributed by atoms with Gasteiger partial charge in [0.05, 0.1) is 30.3 Å². The van der Waals surface area contributed by atoms with Crippen LogP contribution in [-0.2, 0) is 35.3 Å². The van der Waals surface area contributed by atoms with Crippen molar-refractivity contribution in [2.24, 2.45) is 0 Å². The minimum atomic E-state index is -1.35. The summed E-state index contributed by atoms with van der Waals surface area (Å²) >= 11 is 0. The van der Waals surface area contributed by atoms with Crippen LogP contribution in [0.5, 0.6) is 0 Å². The molecule has 3 amide bonds. The number of hydrogen-bond acceptors (Lipinski definition) is 13. The zero-order chi connectivity index (χ0) is 41.2. The van der Waals surface area contributed by atoms with Crippen LogP contribution in [0.4, 0.5) is 11.6 Å². The number of terminal acetylenes is 1. The molecule has 0 aliphatic carbocycles. The van der Waals surface area contributed by atoms with Gasteiger partial charge < -0.3 is 41.5 Å². The molecule has 3 rings (SSSR count). The number of amides is 3. The van der Waals surface area contributed by atoms with Gasteiger partial charge in [-0.25, -0.2) is 4.98 Å². The lowest BCUT2D eigenvalue weighted by Crippen LogP contribution is -2.50. The van der Waals surface area contributed by atoms with Crippen molar-refractivity contribution in [3.8, 4) is 12.3 Å². The lowest BCUT2D eigenvalue weighted by molar-refractivity contribution is -0.143. The highest BCUT2D eigenvalue weighted by atomic mass is 33.1. The maximum Gasteiger partial charge on any atom is 0.305 e. The fourth-order valence-corrected chi connectivity index (χ4v) is 7.05. The molecule has 3 atom stereocenters. The number of aromatic amines is 1. The summed E-state index contributed by atoms with van der Waals surface area (Å²) in [5.41, 5.74) is 7.81. The van der Waals surface area contributed by atoms with Gasteiger partial charge in [0.15, 0.2) is 0 Å². The van der Waals surface area contributed by atoms with E-state index in [0.29, 0.717) is 40.9 Å². The molecule has 0 radical (unpaired) electrons. The number of rotatable bonds is 23. The van der Waals surface area contributed by atoms with Crippen LogP contribution in [0.2, 0.25) is 0 Å². The van der Waals surface area contributed by atoms with Gasteiger partial charge in [-0.15, -0.1) is 6.42 Å². The minimum Gasteiger partial charge on any atom is -0.481 e. The van der Waals surface area contributed by atoms with E-state index in [2.05, 4.69) is 31.8 Å². The van der Waals surface area contributed by atoms with Crippen molar-refractivity contribution in [1.82, 2.24) is 25.9 Å². The van der Waals surface area contributed by atoms with Crippen LogP contribution in [0, 0.1) is 12.3 Å². The molecule has 1 heterocycles. The Labute approximate surface area is 330 Å². The number of nitrogens with zero attached hydrogens (tertiary/aromatic N) is 2. The Morgan fingerprint density at radius 1 is 0.946 bits per heavy atom. The molecule has 0 saturated heterocycles. The van der Waals surface area contributed by atoms with E-state index in [1.54, 1.807) is 43.3 Å². The van der Waals surface area contributed by atoms with Crippen LogP contribution < -0.4 is 32.1 Å². The number of esters is 1. The highest BCUT2D eigenvalue weighted by Crippen LogP contribution is 2.22. The Balaban J connectivity index is 1.34. The number of benzene rings is 2. The third kappa shape index (κ3) is 15.5. The summed E-state index contributed by atoms with van der Waals surface area (Å²) in [5, 5.41) is 26.0. The number of aromatic nitrogens is 2. The van der Waals surface area contributed by atoms with E-state index in [0.717, 1.165) is 11.3 Å². The number of nitrogens with one attached hydrogen (secondary N) is 4. The molecule has 1 aromatic heterocycles. The summed E-state index contributed by atoms with van der Waals surface area (Å²) < 4.78 is 5.27. The third-order valence-electron chi connectivity index (χ3n) is 7.92. The second-order valence-electron chi connectivity index (χ2n) is 12.7. The normalized spacial score (nSPS) is 12.4. The van der Waals surface area contributed by atoms with Gasteiger partial charge in [-0.1, -0.05) is 33.6 Å². The SMILES string of the molecule is C#CCN(Cc1ccc2nc(N)[nH]c(=O)c2c1)c1ccc(C(=O)N[C@H](C)CCC(=O)OCCSSCCC(=O)NC(CC(=O)O)C(=O)N[C@H](C)CC(=O)O)cc1. The molecular formula is C37H45N7O10S2. The first-order valence-corrected chi connectivity index (χ1v) is 19.9. The van der Waals surface area contributed by atoms with Gasteiger partial charge in [-0.3, -0.25) is 38.5 Å². The van der Waals surface area contributed by atoms with Crippen LogP contribution in [0.3, 0.4) is 0 Å². The van der Waals surface area contributed by atoms with Crippen molar-refractivity contribution in [3.63, 3.8) is 0 Å². The maximum atomic E-state index is 12.9. The summed E-state index contributed by atoms with van der Waals surface area (Å²) in [6.45, 7) is 4.05. The van der Waals surface area contributed by atoms with Crippen LogP contribution in [0.25, 0.3) is 10.9 Å². The zero-order valence-corrected chi connectivity index (χ0v) is 32.5. The number of carboxylic acid groups (broad SMARTS) is 2. The largest absolute Gasteiger partial charge is 0.481 e. The van der Waals surface area contributed by atoms with Crippen molar-refractivity contribution >= 4 is 79.8 Å². The number of aliphatic carboxylic acids is 2. The quantitative estimate of drug-likeness (QED) is 0.0314. The second kappa shape index (κ2) is 22.6. The Morgan fingerprint density at radius 2 is 1.64 bits per heavy atom. The number of nitrogens with two attached hydrogens (primary N) is 1. The fraction of sp³-hybridized carbons (Fsp3) is 0.405. The van der Waals surface area contributed by atoms with Gasteiger partial charge >= 0.3 is 17.9 Å². The number of carbonyl (C=O) groups excluding carboxylic acids is 4. The molecule has 0 saturated carbocycles. The Hall–Kier alpha value is -5.74. The van der Waals surface area contributed by atoms with Gasteiger partial charge in [0, 0.05) is 54.2 Å². The number of hydrogen-bond donors (Lipinski definition) is 7. The molecule has 0 fully saturated rings. The molecule has 0 aliphatic heterocycles. The van der Waals surface area contributed by atoms with Gasteiger partial charge in [-0.05, 0) is 62.2 Å². The number of carbonyl (C=O) groups is 6. The molecule has 0 aliphatic rings. The van der Waals surface area contributed by atoms with Crippen molar-refractivity contribution in [1.29, 1.82) is 0 Å². The molecule has 56 heavy (non-hydrogen) atoms. The van der Waals surface area contributed by atoms with E-state index in [-0.39, 0.29) is 55.9 Å². The van der Waals surface area contributed by atoms with Gasteiger partial charge in [0.1, 0.15) is 12.6 Å². The monoisotopic (exact) mass is 811 g/mol. The first-order valence-electron chi connectivity index (χ1n) is 17.5. The maximum absolute atomic E-state index is 12.9. The molecule has 300 valence electrons. The average Bonchev–Trinajstić information content (AvgIpc) is 3.12. The number of anilines is 2. The second-order valence-corrected chi connectivity index (χ2v) is 15.4. The predicted octanol–water partition coefficient (Wildman–Crippen LogP) is 2.30. The van der Waals surface area contributed by atoms with E-state index in [1.807, 2.05) is 11.0 Å². The summed E-state index contributed by atoms with van der Waals surface area (Å²) in [7, 11) is 2.70. The number of ether oxygens (including phenoxy) is 1. The molecule has 2 aromatic carbocycles. The predicted molar refractivity (Wildman–Crippen MR) is 214 cm³/mol. The Morgan fingerprint density at radius 3 is 2.32 bits per heavy atom. The van der Waals surface area contributed by atoms with E-state index >= 15 is 0 Å². The average molecular weight is 812 g/mol. The fourth-order valence-electron chi connectivity index (χ4n) is 5.23. The van der Waals surface area contributed by atoms with Gasteiger partial charge in [-0.2, -0.15) is 0 Å². The minimum absolute atomic E-state index is 0.00519. The third-order valence-corrected chi connectivity index (χ3v) is 10.3. The van der Waals surface area contributed by atoms with Crippen molar-refractivity contribution in [3.05, 3.63) is 63.9 Å². The standard InChI is InChI=1S/C37H45N7O10S2/c1-4-14-44(21-24-6-11-28-27(19-24)35(52)43-37(38)42-28)26-9-7-25(8-10-26)34(51)39-22(2)5-12-33(50)54-15-17-56-55-16-13-30(45)41-29(20-32(48)49)36(53)40-23(3)18-31(46)47/h1,6-11,19,22-23,29H,5,12-18,20-21H2,2-3H3,(H,39,51)(H,40,53)(H,41,45)(H,46,47)(H,48,49)(H3,38,42,43,52)/t22-,23-,29?/m1/s1. The number of nitrogen functional groups attached to an aromatic ring is 1. The highest BCUT2D eigenvalue weighted by Gasteiger charge is 2.25. The molecule has 3 aromatic rings. The molecule has 19 heteroatoms. The molecule has 8 N–H and O–H groups in total. The van der Waals surface area contributed by atoms with Gasteiger partial charge in [0.25, 0.3) is 11.5 Å². The van der Waals surface area contributed by atoms with Crippen molar-refractivity contribution in [2.75, 3.05) is 35.3 Å². The molecule has 0 bridgehead atoms. The van der Waals surface area contributed by atoms with E-state index in [4.69, 9.17) is 27.1 Å². The lowest BCUT2D eigenvalue weighted by Gasteiger charge is -2.23. The summed E-state index contributed by atoms with van der Waals surface area (Å²) in [6, 6.07) is 9.80. The van der Waals surface area contributed by atoms with E-state index < -0.39 is 48.2 Å². The van der Waals surface area contributed by atoms with Gasteiger partial charge in [0.2, 0.25) is 17.8 Å². The summed E-state index contributed by atoms with van der Waals surface area (Å²) in [5.74, 6) is -1.04. The Kier molecular flexibility index (Phi) is 18.0. The van der Waals surface area contributed by atoms with Crippen molar-refractivity contribution in [2.45, 2.75) is 70.6 Å². The number of fused-ring (bicyclic) bond motifs is 1. The summed E-state index contributed by atoms with van der Waals surface area (Å²) in [6.07, 6.45) is 5.05. The topological polar surface area (TPSA) is 263 Å². The zero-order valence-electron chi connectivity index (χ0n) is 30.9. The van der Waals surface area contributed by atoms with E-state index in [1.165, 1.54) is 28.5 Å². The van der Waals surface area contributed by atoms with E-state index in [9.17, 15) is 33.6 Å². The number of H-pyrrole nitrogens is 1. The van der Waals surface area contributed by atoms with Crippen LogP contribution >= 0.6 is 21.6 Å². The highest BCUT2D eigenvalue weighted by molar-refractivity contribution is 8.76. The molecule has 17 nitrogen and oxygen atoms in total. The van der Waals surface area contributed by atoms with Crippen LogP contribution in [0.1, 0.15) is 61.9 Å². The first kappa shape index (κ1) is 44.7. The van der Waals surface area contributed by atoms with Crippen LogP contribution in [-0.4, -0.2) is 98.6 Å². The van der Waals surface area contributed by atoms with Crippen molar-refractivity contribution < 1.29 is 43.7 Å². The number of carboxylic acids is 2. The molecule has 1 unspecified atom stereocenters. The Bertz CT molecular complexity index is 1970. The molecular weight excluding hydrogens is 767 g/mol. The lowest BCUT2D eigenvalue weighted by atomic mass is 10.1. The van der Waals surface area contributed by atoms with Crippen LogP contribution in [0.15, 0.2) is 47.3 Å².